The van der Waals surface area contributed by atoms with Crippen molar-refractivity contribution < 1.29 is 18.3 Å². The number of aliphatic hydroxyl groups excluding tert-OH is 1. The van der Waals surface area contributed by atoms with Gasteiger partial charge in [-0.25, -0.2) is 13.4 Å². The molecule has 0 saturated heterocycles. The average Bonchev–Trinajstić information content (AvgIpc) is 3.43. The molecule has 8 nitrogen and oxygen atoms in total. The molecule has 3 aromatic carbocycles. The molecular weight excluding hydrogens is 584 g/mol. The summed E-state index contributed by atoms with van der Waals surface area (Å²) in [7, 11) is -3.62. The lowest BCUT2D eigenvalue weighted by Crippen LogP contribution is -2.37. The van der Waals surface area contributed by atoms with E-state index in [1.165, 1.54) is 0 Å². The molecule has 2 aromatic heterocycles. The second-order valence-corrected chi connectivity index (χ2v) is 12.7. The van der Waals surface area contributed by atoms with Crippen LogP contribution in [0.3, 0.4) is 0 Å². The van der Waals surface area contributed by atoms with Gasteiger partial charge in [-0.3, -0.25) is 9.52 Å². The third-order valence-electron chi connectivity index (χ3n) is 7.24. The van der Waals surface area contributed by atoms with Crippen molar-refractivity contribution in [3.05, 3.63) is 125 Å². The molecule has 2 heterocycles. The minimum absolute atomic E-state index is 0.0709. The first kappa shape index (κ1) is 30.3. The maximum atomic E-state index is 13.0. The lowest BCUT2D eigenvalue weighted by atomic mass is 10.0. The fourth-order valence-electron chi connectivity index (χ4n) is 4.90. The monoisotopic (exact) mass is 616 g/mol. The van der Waals surface area contributed by atoms with Crippen molar-refractivity contribution in [1.82, 2.24) is 14.7 Å². The molecule has 1 atom stereocenters. The van der Waals surface area contributed by atoms with Crippen LogP contribution in [0.25, 0.3) is 16.9 Å². The number of sulfonamides is 1. The molecule has 43 heavy (non-hydrogen) atoms. The van der Waals surface area contributed by atoms with E-state index in [1.54, 1.807) is 42.5 Å². The standard InChI is InChI=1S/C33H33ClN4O4S/c1-23-5-4-18-38-22-31(36-32(23)38)26-10-8-24(9-11-26)21-29(16-19-39)35-33(40)27-12-14-28(15-13-27)37-43(41,42)20-17-25-6-2-3-7-30(25)34/h2-15,18,22,29,37,39H,16-17,19-21H2,1H3,(H,35,40). The van der Waals surface area contributed by atoms with E-state index in [0.717, 1.165) is 33.6 Å². The highest BCUT2D eigenvalue weighted by Crippen LogP contribution is 2.22. The van der Waals surface area contributed by atoms with Gasteiger partial charge in [-0.15, -0.1) is 0 Å². The Kier molecular flexibility index (Phi) is 9.45. The largest absolute Gasteiger partial charge is 0.396 e. The number of aromatic nitrogens is 2. The Bertz CT molecular complexity index is 1820. The van der Waals surface area contributed by atoms with Crippen LogP contribution in [0.5, 0.6) is 0 Å². The topological polar surface area (TPSA) is 113 Å². The van der Waals surface area contributed by atoms with Gasteiger partial charge in [0.05, 0.1) is 11.4 Å². The molecule has 5 rings (SSSR count). The summed E-state index contributed by atoms with van der Waals surface area (Å²) in [5.41, 5.74) is 6.44. The number of halogens is 1. The molecule has 0 spiro atoms. The Morgan fingerprint density at radius 2 is 1.74 bits per heavy atom. The van der Waals surface area contributed by atoms with Crippen LogP contribution < -0.4 is 10.0 Å². The average molecular weight is 617 g/mol. The minimum atomic E-state index is -3.62. The van der Waals surface area contributed by atoms with Gasteiger partial charge in [0.15, 0.2) is 0 Å². The van der Waals surface area contributed by atoms with Gasteiger partial charge in [-0.05, 0) is 79.3 Å². The molecule has 1 amide bonds. The zero-order valence-corrected chi connectivity index (χ0v) is 25.3. The number of hydrogen-bond acceptors (Lipinski definition) is 5. The Labute approximate surface area is 256 Å². The van der Waals surface area contributed by atoms with Crippen molar-refractivity contribution >= 4 is 38.9 Å². The van der Waals surface area contributed by atoms with Crippen LogP contribution in [-0.2, 0) is 22.9 Å². The highest BCUT2D eigenvalue weighted by atomic mass is 35.5. The lowest BCUT2D eigenvalue weighted by Gasteiger charge is -2.18. The number of nitrogens with one attached hydrogen (secondary N) is 2. The number of hydrogen-bond donors (Lipinski definition) is 3. The number of anilines is 1. The first-order valence-corrected chi connectivity index (χ1v) is 16.0. The van der Waals surface area contributed by atoms with E-state index in [-0.39, 0.29) is 30.7 Å². The number of pyridine rings is 1. The molecule has 222 valence electrons. The van der Waals surface area contributed by atoms with E-state index in [4.69, 9.17) is 16.6 Å². The number of amides is 1. The third-order valence-corrected chi connectivity index (χ3v) is 8.90. The molecule has 0 aliphatic rings. The first-order chi connectivity index (χ1) is 20.7. The molecule has 0 bridgehead atoms. The second-order valence-electron chi connectivity index (χ2n) is 10.5. The Morgan fingerprint density at radius 1 is 1.00 bits per heavy atom. The van der Waals surface area contributed by atoms with E-state index in [2.05, 4.69) is 10.0 Å². The summed E-state index contributed by atoms with van der Waals surface area (Å²) < 4.78 is 29.7. The zero-order chi connectivity index (χ0) is 30.4. The number of nitrogens with zero attached hydrogens (tertiary/aromatic N) is 2. The summed E-state index contributed by atoms with van der Waals surface area (Å²) >= 11 is 6.14. The molecule has 10 heteroatoms. The van der Waals surface area contributed by atoms with Crippen LogP contribution in [0.4, 0.5) is 5.69 Å². The van der Waals surface area contributed by atoms with Crippen molar-refractivity contribution in [2.75, 3.05) is 17.1 Å². The Hall–Kier alpha value is -4.18. The van der Waals surface area contributed by atoms with Crippen LogP contribution in [0.2, 0.25) is 5.02 Å². The molecule has 0 radical (unpaired) electrons. The molecule has 1 unspecified atom stereocenters. The lowest BCUT2D eigenvalue weighted by molar-refractivity contribution is 0.0930. The van der Waals surface area contributed by atoms with E-state index >= 15 is 0 Å². The molecule has 0 aliphatic heterocycles. The Balaban J connectivity index is 1.18. The summed E-state index contributed by atoms with van der Waals surface area (Å²) in [6.45, 7) is 1.96. The predicted octanol–water partition coefficient (Wildman–Crippen LogP) is 5.67. The number of benzene rings is 3. The predicted molar refractivity (Wildman–Crippen MR) is 171 cm³/mol. The molecule has 0 fully saturated rings. The number of aliphatic hydroxyl groups is 1. The van der Waals surface area contributed by atoms with E-state index < -0.39 is 10.0 Å². The molecule has 3 N–H and O–H groups in total. The molecule has 5 aromatic rings. The van der Waals surface area contributed by atoms with Gasteiger partial charge < -0.3 is 14.8 Å². The van der Waals surface area contributed by atoms with Crippen LogP contribution in [-0.4, -0.2) is 47.2 Å². The van der Waals surface area contributed by atoms with Gasteiger partial charge in [0.1, 0.15) is 5.65 Å². The highest BCUT2D eigenvalue weighted by Gasteiger charge is 2.16. The third kappa shape index (κ3) is 7.81. The van der Waals surface area contributed by atoms with Crippen LogP contribution in [0.15, 0.2) is 97.3 Å². The number of carbonyl (C=O) groups excluding carboxylic acids is 1. The number of aryl methyl sites for hydroxylation is 2. The summed E-state index contributed by atoms with van der Waals surface area (Å²) in [5.74, 6) is -0.426. The summed E-state index contributed by atoms with van der Waals surface area (Å²) in [5, 5.41) is 13.2. The van der Waals surface area contributed by atoms with E-state index in [9.17, 15) is 18.3 Å². The van der Waals surface area contributed by atoms with Gasteiger partial charge in [0, 0.05) is 46.9 Å². The fourth-order valence-corrected chi connectivity index (χ4v) is 6.22. The fraction of sp³-hybridized carbons (Fsp3) is 0.212. The maximum absolute atomic E-state index is 13.0. The normalized spacial score (nSPS) is 12.3. The van der Waals surface area contributed by atoms with Crippen LogP contribution in [0, 0.1) is 6.92 Å². The van der Waals surface area contributed by atoms with E-state index in [0.29, 0.717) is 29.1 Å². The number of carbonyl (C=O) groups is 1. The van der Waals surface area contributed by atoms with Crippen LogP contribution >= 0.6 is 11.6 Å². The SMILES string of the molecule is Cc1cccn2cc(-c3ccc(CC(CCO)NC(=O)c4ccc(NS(=O)(=O)CCc5ccccc5Cl)cc4)cc3)nc12. The van der Waals surface area contributed by atoms with E-state index in [1.807, 2.05) is 66.2 Å². The Morgan fingerprint density at radius 3 is 2.44 bits per heavy atom. The van der Waals surface area contributed by atoms with Gasteiger partial charge in [-0.1, -0.05) is 60.1 Å². The van der Waals surface area contributed by atoms with Crippen molar-refractivity contribution in [3.63, 3.8) is 0 Å². The molecule has 0 saturated carbocycles. The highest BCUT2D eigenvalue weighted by molar-refractivity contribution is 7.92. The summed E-state index contributed by atoms with van der Waals surface area (Å²) in [4.78, 5) is 17.8. The van der Waals surface area contributed by atoms with Gasteiger partial charge in [0.2, 0.25) is 10.0 Å². The maximum Gasteiger partial charge on any atom is 0.251 e. The van der Waals surface area contributed by atoms with Crippen molar-refractivity contribution in [2.24, 2.45) is 0 Å². The zero-order valence-electron chi connectivity index (χ0n) is 23.7. The first-order valence-electron chi connectivity index (χ1n) is 14.0. The quantitative estimate of drug-likeness (QED) is 0.167. The second kappa shape index (κ2) is 13.4. The van der Waals surface area contributed by atoms with Crippen molar-refractivity contribution in [1.29, 1.82) is 0 Å². The van der Waals surface area contributed by atoms with Gasteiger partial charge >= 0.3 is 0 Å². The smallest absolute Gasteiger partial charge is 0.251 e. The van der Waals surface area contributed by atoms with Crippen molar-refractivity contribution in [3.8, 4) is 11.3 Å². The van der Waals surface area contributed by atoms with Gasteiger partial charge in [-0.2, -0.15) is 0 Å². The van der Waals surface area contributed by atoms with Crippen molar-refractivity contribution in [2.45, 2.75) is 32.2 Å². The van der Waals surface area contributed by atoms with Gasteiger partial charge in [0.25, 0.3) is 5.91 Å². The van der Waals surface area contributed by atoms with Crippen LogP contribution in [0.1, 0.15) is 33.5 Å². The summed E-state index contributed by atoms with van der Waals surface area (Å²) in [6.07, 6.45) is 5.20. The number of rotatable bonds is 12. The number of imidazole rings is 1. The summed E-state index contributed by atoms with van der Waals surface area (Å²) in [6, 6.07) is 25.2. The minimum Gasteiger partial charge on any atom is -0.396 e. The molecule has 0 aliphatic carbocycles. The molecular formula is C33H33ClN4O4S. The number of fused-ring (bicyclic) bond motifs is 1.